The molecule has 0 saturated heterocycles. The van der Waals surface area contributed by atoms with E-state index in [2.05, 4.69) is 55.4 Å². The average Bonchev–Trinajstić information content (AvgIpc) is 1.09. The van der Waals surface area contributed by atoms with Crippen LogP contribution >= 0.6 is 15.6 Å². The maximum atomic E-state index is 13.1. The summed E-state index contributed by atoms with van der Waals surface area (Å²) in [4.78, 5) is 72.8. The molecule has 0 rings (SSSR count). The van der Waals surface area contributed by atoms with Gasteiger partial charge in [-0.25, -0.2) is 9.13 Å². The van der Waals surface area contributed by atoms with E-state index >= 15 is 0 Å². The zero-order chi connectivity index (χ0) is 71.7. The number of hydrogen-bond donors (Lipinski definition) is 3. The topological polar surface area (TPSA) is 237 Å². The van der Waals surface area contributed by atoms with Gasteiger partial charge in [0.1, 0.15) is 19.3 Å². The lowest BCUT2D eigenvalue weighted by molar-refractivity contribution is -0.161. The summed E-state index contributed by atoms with van der Waals surface area (Å²) in [5.74, 6) is 1.00. The van der Waals surface area contributed by atoms with Crippen molar-refractivity contribution < 1.29 is 80.2 Å². The molecule has 0 radical (unpaired) electrons. The highest BCUT2D eigenvalue weighted by Crippen LogP contribution is 2.45. The second-order valence-electron chi connectivity index (χ2n) is 29.3. The van der Waals surface area contributed by atoms with Gasteiger partial charge in [-0.15, -0.1) is 0 Å². The fourth-order valence-corrected chi connectivity index (χ4v) is 13.4. The standard InChI is InChI=1S/C78H152O17P2/c1-9-69(6)55-47-39-31-25-20-18-16-14-12-13-15-17-19-21-26-33-42-50-58-75(80)88-64-73(94-77(82)60-52-44-34-27-23-22-24-30-38-46-54-68(4)5)66-92-96(84,85)90-62-72(79)63-91-97(86,87)93-67-74(65-89-76(81)59-51-43-37-36-41-49-57-71(8)11-3)95-78(83)61-53-45-35-29-28-32-40-48-56-70(7)10-2/h68-74,79H,9-67H2,1-8H3,(H,84,85)(H,86,87)/t69?,70?,71?,72-,73-,74-/m1/s1. The van der Waals surface area contributed by atoms with Crippen LogP contribution in [0.25, 0.3) is 0 Å². The second kappa shape index (κ2) is 67.2. The highest BCUT2D eigenvalue weighted by Gasteiger charge is 2.30. The highest BCUT2D eigenvalue weighted by molar-refractivity contribution is 7.47. The van der Waals surface area contributed by atoms with Crippen LogP contribution in [0.2, 0.25) is 0 Å². The van der Waals surface area contributed by atoms with Crippen molar-refractivity contribution in [2.45, 2.75) is 414 Å². The summed E-state index contributed by atoms with van der Waals surface area (Å²) in [5, 5.41) is 10.6. The molecular weight excluding hydrogens is 1270 g/mol. The summed E-state index contributed by atoms with van der Waals surface area (Å²) >= 11 is 0. The first-order valence-electron chi connectivity index (χ1n) is 40.3. The number of phosphoric ester groups is 2. The Morgan fingerprint density at radius 2 is 0.495 bits per heavy atom. The van der Waals surface area contributed by atoms with Gasteiger partial charge in [-0.05, 0) is 49.4 Å². The van der Waals surface area contributed by atoms with Crippen molar-refractivity contribution in [2.24, 2.45) is 23.7 Å². The van der Waals surface area contributed by atoms with Crippen molar-refractivity contribution in [3.8, 4) is 0 Å². The monoisotopic (exact) mass is 1420 g/mol. The molecule has 0 fully saturated rings. The lowest BCUT2D eigenvalue weighted by atomic mass is 9.99. The fourth-order valence-electron chi connectivity index (χ4n) is 11.8. The minimum absolute atomic E-state index is 0.104. The highest BCUT2D eigenvalue weighted by atomic mass is 31.2. The van der Waals surface area contributed by atoms with E-state index in [9.17, 15) is 43.2 Å². The van der Waals surface area contributed by atoms with Gasteiger partial charge in [0.15, 0.2) is 12.2 Å². The molecule has 17 nitrogen and oxygen atoms in total. The third-order valence-corrected chi connectivity index (χ3v) is 21.1. The zero-order valence-electron chi connectivity index (χ0n) is 63.7. The minimum atomic E-state index is -4.96. The number of rotatable bonds is 75. The van der Waals surface area contributed by atoms with E-state index in [-0.39, 0.29) is 25.7 Å². The van der Waals surface area contributed by atoms with E-state index in [1.54, 1.807) is 0 Å². The molecule has 97 heavy (non-hydrogen) atoms. The summed E-state index contributed by atoms with van der Waals surface area (Å²) in [7, 11) is -9.91. The zero-order valence-corrected chi connectivity index (χ0v) is 65.5. The van der Waals surface area contributed by atoms with Gasteiger partial charge in [-0.1, -0.05) is 344 Å². The van der Waals surface area contributed by atoms with E-state index in [4.69, 9.17) is 37.0 Å². The number of aliphatic hydroxyl groups excluding tert-OH is 1. The molecule has 576 valence electrons. The predicted octanol–water partition coefficient (Wildman–Crippen LogP) is 22.8. The molecule has 0 aliphatic rings. The van der Waals surface area contributed by atoms with Crippen LogP contribution in [0.3, 0.4) is 0 Å². The first kappa shape index (κ1) is 95.1. The van der Waals surface area contributed by atoms with Crippen molar-refractivity contribution in [2.75, 3.05) is 39.6 Å². The summed E-state index contributed by atoms with van der Waals surface area (Å²) in [6, 6.07) is 0. The molecular formula is C78H152O17P2. The van der Waals surface area contributed by atoms with Gasteiger partial charge in [0.2, 0.25) is 0 Å². The van der Waals surface area contributed by atoms with Gasteiger partial charge in [-0.3, -0.25) is 37.3 Å². The van der Waals surface area contributed by atoms with E-state index < -0.39 is 97.5 Å². The number of aliphatic hydroxyl groups is 1. The average molecular weight is 1420 g/mol. The van der Waals surface area contributed by atoms with Crippen molar-refractivity contribution >= 4 is 39.5 Å². The molecule has 8 atom stereocenters. The number of ether oxygens (including phenoxy) is 4. The molecule has 0 aromatic carbocycles. The second-order valence-corrected chi connectivity index (χ2v) is 32.2. The van der Waals surface area contributed by atoms with E-state index in [0.29, 0.717) is 25.7 Å². The first-order chi connectivity index (χ1) is 46.7. The van der Waals surface area contributed by atoms with E-state index in [1.165, 1.54) is 193 Å². The molecule has 5 unspecified atom stereocenters. The minimum Gasteiger partial charge on any atom is -0.462 e. The molecule has 3 N–H and O–H groups in total. The molecule has 19 heteroatoms. The maximum Gasteiger partial charge on any atom is 0.472 e. The number of phosphoric acid groups is 2. The lowest BCUT2D eigenvalue weighted by Gasteiger charge is -2.21. The van der Waals surface area contributed by atoms with Crippen molar-refractivity contribution in [1.29, 1.82) is 0 Å². The van der Waals surface area contributed by atoms with Crippen molar-refractivity contribution in [1.82, 2.24) is 0 Å². The van der Waals surface area contributed by atoms with Gasteiger partial charge in [-0.2, -0.15) is 0 Å². The first-order valence-corrected chi connectivity index (χ1v) is 43.3. The van der Waals surface area contributed by atoms with Crippen LogP contribution in [0.4, 0.5) is 0 Å². The smallest absolute Gasteiger partial charge is 0.462 e. The fraction of sp³-hybridized carbons (Fsp3) is 0.949. The summed E-state index contributed by atoms with van der Waals surface area (Å²) in [6.07, 6.45) is 52.8. The summed E-state index contributed by atoms with van der Waals surface area (Å²) < 4.78 is 68.5. The Morgan fingerprint density at radius 3 is 0.732 bits per heavy atom. The van der Waals surface area contributed by atoms with Gasteiger partial charge in [0, 0.05) is 25.7 Å². The quantitative estimate of drug-likeness (QED) is 0.0222. The third kappa shape index (κ3) is 68.3. The Morgan fingerprint density at radius 1 is 0.289 bits per heavy atom. The summed E-state index contributed by atoms with van der Waals surface area (Å²) in [6.45, 7) is 14.2. The molecule has 0 aliphatic carbocycles. The van der Waals surface area contributed by atoms with E-state index in [1.807, 2.05) is 0 Å². The van der Waals surface area contributed by atoms with Crippen LogP contribution in [-0.4, -0.2) is 96.7 Å². The Bertz CT molecular complexity index is 1910. The van der Waals surface area contributed by atoms with Gasteiger partial charge < -0.3 is 33.8 Å². The molecule has 0 aromatic heterocycles. The Balaban J connectivity index is 5.18. The molecule has 0 spiro atoms. The molecule has 0 bridgehead atoms. The largest absolute Gasteiger partial charge is 0.472 e. The lowest BCUT2D eigenvalue weighted by Crippen LogP contribution is -2.30. The van der Waals surface area contributed by atoms with Crippen LogP contribution < -0.4 is 0 Å². The van der Waals surface area contributed by atoms with Crippen LogP contribution in [0.1, 0.15) is 396 Å². The molecule has 0 aliphatic heterocycles. The number of carbonyl (C=O) groups excluding carboxylic acids is 4. The number of hydrogen-bond acceptors (Lipinski definition) is 15. The molecule has 0 heterocycles. The Kier molecular flexibility index (Phi) is 65.9. The van der Waals surface area contributed by atoms with E-state index in [0.717, 1.165) is 120 Å². The normalized spacial score (nSPS) is 14.9. The molecule has 0 aromatic rings. The summed E-state index contributed by atoms with van der Waals surface area (Å²) in [5.41, 5.74) is 0. The van der Waals surface area contributed by atoms with Gasteiger partial charge >= 0.3 is 39.5 Å². The SMILES string of the molecule is CCC(C)CCCCCCCCCCCCCCCCCCCCC(=O)OC[C@H](COP(=O)(O)OC[C@@H](O)COP(=O)(O)OC[C@@H](COC(=O)CCCCCCCCC(C)CC)OC(=O)CCCCCCCCCCC(C)CC)OC(=O)CCCCCCCCCCCCC(C)C. The van der Waals surface area contributed by atoms with Crippen molar-refractivity contribution in [3.05, 3.63) is 0 Å². The Hall–Kier alpha value is -1.94. The van der Waals surface area contributed by atoms with Crippen molar-refractivity contribution in [3.63, 3.8) is 0 Å². The maximum absolute atomic E-state index is 13.1. The van der Waals surface area contributed by atoms with Gasteiger partial charge in [0.05, 0.1) is 26.4 Å². The van der Waals surface area contributed by atoms with Crippen LogP contribution in [0.5, 0.6) is 0 Å². The predicted molar refractivity (Wildman–Crippen MR) is 395 cm³/mol. The van der Waals surface area contributed by atoms with Crippen LogP contribution in [0.15, 0.2) is 0 Å². The molecule has 0 amide bonds. The van der Waals surface area contributed by atoms with Crippen LogP contribution in [0, 0.1) is 23.7 Å². The Labute approximate surface area is 594 Å². The number of carbonyl (C=O) groups is 4. The van der Waals surface area contributed by atoms with Gasteiger partial charge in [0.25, 0.3) is 0 Å². The number of esters is 4. The third-order valence-electron chi connectivity index (χ3n) is 19.2. The number of unbranched alkanes of at least 4 members (excludes halogenated alkanes) is 38. The molecule has 0 saturated carbocycles. The van der Waals surface area contributed by atoms with Crippen LogP contribution in [-0.2, 0) is 65.4 Å².